The van der Waals surface area contributed by atoms with Crippen molar-refractivity contribution in [2.45, 2.75) is 19.3 Å². The maximum Gasteiger partial charge on any atom is 0.227 e. The first-order chi connectivity index (χ1) is 14.6. The molecule has 0 aliphatic carbocycles. The van der Waals surface area contributed by atoms with E-state index in [1.165, 1.54) is 12.1 Å². The molecule has 2 amide bonds. The molecule has 2 aliphatic rings. The van der Waals surface area contributed by atoms with E-state index in [9.17, 15) is 14.0 Å². The second kappa shape index (κ2) is 9.19. The van der Waals surface area contributed by atoms with Crippen molar-refractivity contribution in [1.82, 2.24) is 19.8 Å². The van der Waals surface area contributed by atoms with Gasteiger partial charge in [0.2, 0.25) is 11.8 Å². The van der Waals surface area contributed by atoms with Gasteiger partial charge in [-0.15, -0.1) is 0 Å². The van der Waals surface area contributed by atoms with E-state index in [4.69, 9.17) is 0 Å². The lowest BCUT2D eigenvalue weighted by Crippen LogP contribution is -2.54. The summed E-state index contributed by atoms with van der Waals surface area (Å²) in [6.45, 7) is 3.71. The number of carbonyl (C=O) groups is 2. The number of benzene rings is 1. The average molecular weight is 411 g/mol. The van der Waals surface area contributed by atoms with Crippen LogP contribution in [-0.2, 0) is 16.0 Å². The van der Waals surface area contributed by atoms with Crippen LogP contribution >= 0.6 is 0 Å². The Morgan fingerprint density at radius 1 is 1.00 bits per heavy atom. The zero-order chi connectivity index (χ0) is 20.9. The first-order valence-corrected chi connectivity index (χ1v) is 10.4. The molecule has 2 saturated heterocycles. The van der Waals surface area contributed by atoms with Crippen LogP contribution in [0.5, 0.6) is 0 Å². The van der Waals surface area contributed by atoms with Crippen LogP contribution in [0.4, 0.5) is 10.2 Å². The third-order valence-corrected chi connectivity index (χ3v) is 5.86. The molecule has 0 spiro atoms. The molecule has 2 fully saturated rings. The number of piperazine rings is 1. The number of nitrogens with zero attached hydrogens (tertiary/aromatic N) is 5. The van der Waals surface area contributed by atoms with Gasteiger partial charge in [0, 0.05) is 51.7 Å². The third-order valence-electron chi connectivity index (χ3n) is 5.86. The molecule has 0 radical (unpaired) electrons. The van der Waals surface area contributed by atoms with Gasteiger partial charge in [0.05, 0.1) is 18.5 Å². The zero-order valence-corrected chi connectivity index (χ0v) is 16.9. The molecule has 2 aromatic rings. The Bertz CT molecular complexity index is 869. The van der Waals surface area contributed by atoms with Crippen LogP contribution in [0.2, 0.25) is 0 Å². The molecule has 30 heavy (non-hydrogen) atoms. The monoisotopic (exact) mass is 411 g/mol. The molecule has 0 N–H and O–H groups in total. The number of halogens is 1. The first kappa shape index (κ1) is 20.3. The minimum absolute atomic E-state index is 0.0141. The van der Waals surface area contributed by atoms with E-state index < -0.39 is 0 Å². The van der Waals surface area contributed by atoms with Crippen molar-refractivity contribution in [3.8, 4) is 0 Å². The Hall–Kier alpha value is -3.03. The molecule has 158 valence electrons. The van der Waals surface area contributed by atoms with Crippen molar-refractivity contribution in [1.29, 1.82) is 0 Å². The molecule has 7 nitrogen and oxygen atoms in total. The Balaban J connectivity index is 1.28. The van der Waals surface area contributed by atoms with Crippen LogP contribution in [-0.4, -0.2) is 70.9 Å². The summed E-state index contributed by atoms with van der Waals surface area (Å²) in [5.41, 5.74) is 0.797. The van der Waals surface area contributed by atoms with E-state index >= 15 is 0 Å². The number of rotatable bonds is 4. The normalized spacial score (nSPS) is 19.6. The summed E-state index contributed by atoms with van der Waals surface area (Å²) >= 11 is 0. The second-order valence-corrected chi connectivity index (χ2v) is 7.86. The molecule has 0 bridgehead atoms. The van der Waals surface area contributed by atoms with Gasteiger partial charge in [0.15, 0.2) is 0 Å². The summed E-state index contributed by atoms with van der Waals surface area (Å²) in [6, 6.07) is 6.01. The minimum atomic E-state index is -0.307. The van der Waals surface area contributed by atoms with E-state index in [2.05, 4.69) is 14.9 Å². The minimum Gasteiger partial charge on any atom is -0.355 e. The lowest BCUT2D eigenvalue weighted by molar-refractivity contribution is -0.142. The second-order valence-electron chi connectivity index (χ2n) is 7.86. The van der Waals surface area contributed by atoms with E-state index in [0.29, 0.717) is 32.7 Å². The van der Waals surface area contributed by atoms with Crippen molar-refractivity contribution < 1.29 is 14.0 Å². The van der Waals surface area contributed by atoms with E-state index in [1.54, 1.807) is 35.6 Å². The smallest absolute Gasteiger partial charge is 0.227 e. The summed E-state index contributed by atoms with van der Waals surface area (Å²) in [7, 11) is 0. The lowest BCUT2D eigenvalue weighted by atomic mass is 9.96. The van der Waals surface area contributed by atoms with Crippen LogP contribution in [0.15, 0.2) is 42.9 Å². The van der Waals surface area contributed by atoms with Crippen molar-refractivity contribution in [2.75, 3.05) is 44.2 Å². The fourth-order valence-electron chi connectivity index (χ4n) is 4.16. The zero-order valence-electron chi connectivity index (χ0n) is 16.9. The third kappa shape index (κ3) is 4.75. The number of hydrogen-bond acceptors (Lipinski definition) is 5. The molecule has 4 rings (SSSR count). The van der Waals surface area contributed by atoms with E-state index in [-0.39, 0.29) is 30.0 Å². The molecular weight excluding hydrogens is 385 g/mol. The van der Waals surface area contributed by atoms with Crippen molar-refractivity contribution in [3.63, 3.8) is 0 Å². The molecule has 3 heterocycles. The Labute approximate surface area is 175 Å². The van der Waals surface area contributed by atoms with Gasteiger partial charge in [0.1, 0.15) is 11.6 Å². The van der Waals surface area contributed by atoms with Crippen LogP contribution < -0.4 is 4.90 Å². The molecule has 1 unspecified atom stereocenters. The number of anilines is 1. The van der Waals surface area contributed by atoms with Crippen molar-refractivity contribution in [3.05, 3.63) is 54.2 Å². The van der Waals surface area contributed by atoms with Gasteiger partial charge < -0.3 is 14.7 Å². The van der Waals surface area contributed by atoms with Crippen molar-refractivity contribution in [2.24, 2.45) is 5.92 Å². The van der Waals surface area contributed by atoms with Crippen LogP contribution in [0.25, 0.3) is 0 Å². The van der Waals surface area contributed by atoms with Gasteiger partial charge >= 0.3 is 0 Å². The van der Waals surface area contributed by atoms with Crippen LogP contribution in [0, 0.1) is 11.7 Å². The SMILES string of the molecule is O=C(Cc1ccc(F)cc1)N1CCN(C(=O)C2CCCN(c3cnccn3)C2)CC1. The van der Waals surface area contributed by atoms with Crippen LogP contribution in [0.1, 0.15) is 18.4 Å². The number of aromatic nitrogens is 2. The van der Waals surface area contributed by atoms with Gasteiger partial charge in [-0.2, -0.15) is 0 Å². The van der Waals surface area contributed by atoms with Crippen molar-refractivity contribution >= 4 is 17.6 Å². The fourth-order valence-corrected chi connectivity index (χ4v) is 4.16. The number of carbonyl (C=O) groups excluding carboxylic acids is 2. The number of hydrogen-bond donors (Lipinski definition) is 0. The maximum atomic E-state index is 13.1. The fraction of sp³-hybridized carbons (Fsp3) is 0.455. The largest absolute Gasteiger partial charge is 0.355 e. The Morgan fingerprint density at radius 2 is 1.73 bits per heavy atom. The van der Waals surface area contributed by atoms with Gasteiger partial charge in [-0.3, -0.25) is 14.6 Å². The summed E-state index contributed by atoms with van der Waals surface area (Å²) in [4.78, 5) is 39.9. The number of piperidine rings is 1. The van der Waals surface area contributed by atoms with E-state index in [1.807, 2.05) is 4.90 Å². The van der Waals surface area contributed by atoms with Gasteiger partial charge in [-0.1, -0.05) is 12.1 Å². The summed E-state index contributed by atoms with van der Waals surface area (Å²) in [6.07, 6.45) is 7.13. The predicted octanol–water partition coefficient (Wildman–Crippen LogP) is 1.75. The molecule has 8 heteroatoms. The van der Waals surface area contributed by atoms with Gasteiger partial charge in [-0.05, 0) is 30.5 Å². The van der Waals surface area contributed by atoms with E-state index in [0.717, 1.165) is 30.8 Å². The molecule has 1 atom stereocenters. The highest BCUT2D eigenvalue weighted by atomic mass is 19.1. The molecular formula is C22H26FN5O2. The Morgan fingerprint density at radius 3 is 2.43 bits per heavy atom. The summed E-state index contributed by atoms with van der Waals surface area (Å²) in [5, 5.41) is 0. The highest BCUT2D eigenvalue weighted by molar-refractivity contribution is 5.81. The number of amides is 2. The highest BCUT2D eigenvalue weighted by Crippen LogP contribution is 2.23. The standard InChI is InChI=1S/C22H26FN5O2/c23-19-5-3-17(4-6-19)14-21(29)26-10-12-27(13-11-26)22(30)18-2-1-9-28(16-18)20-15-24-7-8-25-20/h3-8,15,18H,1-2,9-14,16H2. The van der Waals surface area contributed by atoms with Gasteiger partial charge in [0.25, 0.3) is 0 Å². The maximum absolute atomic E-state index is 13.1. The predicted molar refractivity (Wildman–Crippen MR) is 110 cm³/mol. The molecule has 1 aromatic carbocycles. The molecule has 2 aliphatic heterocycles. The Kier molecular flexibility index (Phi) is 6.21. The summed E-state index contributed by atoms with van der Waals surface area (Å²) in [5.74, 6) is 0.627. The lowest BCUT2D eigenvalue weighted by Gasteiger charge is -2.39. The molecule has 1 aromatic heterocycles. The quantitative estimate of drug-likeness (QED) is 0.767. The first-order valence-electron chi connectivity index (χ1n) is 10.4. The molecule has 0 saturated carbocycles. The van der Waals surface area contributed by atoms with Gasteiger partial charge in [-0.25, -0.2) is 9.37 Å². The average Bonchev–Trinajstić information content (AvgIpc) is 2.81. The highest BCUT2D eigenvalue weighted by Gasteiger charge is 2.32. The topological polar surface area (TPSA) is 69.6 Å². The summed E-state index contributed by atoms with van der Waals surface area (Å²) < 4.78 is 13.0. The van der Waals surface area contributed by atoms with Crippen LogP contribution in [0.3, 0.4) is 0 Å².